The number of carbonyl (C=O) groups is 3. The summed E-state index contributed by atoms with van der Waals surface area (Å²) in [7, 11) is 1.44. The Morgan fingerprint density at radius 1 is 0.947 bits per heavy atom. The summed E-state index contributed by atoms with van der Waals surface area (Å²) in [6.45, 7) is 12.8. The van der Waals surface area contributed by atoms with Gasteiger partial charge in [0.15, 0.2) is 0 Å². The second-order valence-electron chi connectivity index (χ2n) is 13.2. The van der Waals surface area contributed by atoms with Crippen LogP contribution in [0, 0.1) is 46.3 Å². The third-order valence-corrected chi connectivity index (χ3v) is 11.5. The number of hydrogen-bond donors (Lipinski definition) is 0. The van der Waals surface area contributed by atoms with Crippen LogP contribution in [0.15, 0.2) is 0 Å². The Kier molecular flexibility index (Phi) is 8.86. The SMILES string of the molecule is CCO[C@@H]1CC[C@@]2(C)[C@H](CC(OC(C)=O)[C@@H]3[C@@H]2CC(OC(C)=O)[C@]2(C)[C@@H]([C@H](C)CCC(=O)OC)CC[C@@H]32)C1. The molecule has 4 fully saturated rings. The van der Waals surface area contributed by atoms with Crippen molar-refractivity contribution in [3.8, 4) is 0 Å². The molecule has 4 saturated carbocycles. The lowest BCUT2D eigenvalue weighted by atomic mass is 9.43. The molecule has 38 heavy (non-hydrogen) atoms. The van der Waals surface area contributed by atoms with E-state index in [4.69, 9.17) is 18.9 Å². The molecule has 4 aliphatic carbocycles. The molecule has 0 aromatic rings. The number of esters is 3. The minimum absolute atomic E-state index is 0.100. The third kappa shape index (κ3) is 5.25. The van der Waals surface area contributed by atoms with Crippen molar-refractivity contribution in [3.05, 3.63) is 0 Å². The van der Waals surface area contributed by atoms with Crippen LogP contribution in [0.5, 0.6) is 0 Å². The molecule has 7 nitrogen and oxygen atoms in total. The molecule has 4 aliphatic rings. The lowest BCUT2D eigenvalue weighted by Gasteiger charge is -2.64. The molecular weight excluding hydrogens is 484 g/mol. The summed E-state index contributed by atoms with van der Waals surface area (Å²) in [5, 5.41) is 0. The van der Waals surface area contributed by atoms with Gasteiger partial charge in [0.1, 0.15) is 12.2 Å². The fourth-order valence-electron chi connectivity index (χ4n) is 9.81. The molecule has 0 bridgehead atoms. The van der Waals surface area contributed by atoms with E-state index >= 15 is 0 Å². The van der Waals surface area contributed by atoms with Gasteiger partial charge in [-0.1, -0.05) is 20.8 Å². The monoisotopic (exact) mass is 534 g/mol. The van der Waals surface area contributed by atoms with E-state index in [1.807, 2.05) is 0 Å². The van der Waals surface area contributed by atoms with E-state index in [0.717, 1.165) is 58.0 Å². The Labute approximate surface area is 229 Å². The van der Waals surface area contributed by atoms with Gasteiger partial charge in [0.05, 0.1) is 13.2 Å². The van der Waals surface area contributed by atoms with Gasteiger partial charge in [-0.05, 0) is 93.3 Å². The summed E-state index contributed by atoms with van der Waals surface area (Å²) in [4.78, 5) is 36.7. The Hall–Kier alpha value is -1.63. The lowest BCUT2D eigenvalue weighted by Crippen LogP contribution is -2.63. The first-order valence-corrected chi connectivity index (χ1v) is 15.0. The zero-order valence-electron chi connectivity index (χ0n) is 24.6. The van der Waals surface area contributed by atoms with Gasteiger partial charge in [-0.15, -0.1) is 0 Å². The van der Waals surface area contributed by atoms with Crippen molar-refractivity contribution in [1.29, 1.82) is 0 Å². The minimum atomic E-state index is -0.230. The van der Waals surface area contributed by atoms with Crippen LogP contribution in [0.4, 0.5) is 0 Å². The predicted octanol–water partition coefficient (Wildman–Crippen LogP) is 5.72. The number of carbonyl (C=O) groups excluding carboxylic acids is 3. The van der Waals surface area contributed by atoms with Crippen molar-refractivity contribution >= 4 is 17.9 Å². The van der Waals surface area contributed by atoms with Crippen LogP contribution in [0.25, 0.3) is 0 Å². The lowest BCUT2D eigenvalue weighted by molar-refractivity contribution is -0.224. The van der Waals surface area contributed by atoms with E-state index < -0.39 is 0 Å². The summed E-state index contributed by atoms with van der Waals surface area (Å²) in [5.41, 5.74) is -0.129. The van der Waals surface area contributed by atoms with Gasteiger partial charge in [-0.3, -0.25) is 14.4 Å². The molecule has 0 aromatic carbocycles. The summed E-state index contributed by atoms with van der Waals surface area (Å²) < 4.78 is 23.4. The largest absolute Gasteiger partial charge is 0.469 e. The molecule has 0 saturated heterocycles. The van der Waals surface area contributed by atoms with Crippen LogP contribution in [-0.4, -0.2) is 49.9 Å². The van der Waals surface area contributed by atoms with Gasteiger partial charge in [0, 0.05) is 38.2 Å². The minimum Gasteiger partial charge on any atom is -0.469 e. The molecule has 0 heterocycles. The smallest absolute Gasteiger partial charge is 0.305 e. The number of rotatable bonds is 8. The first-order chi connectivity index (χ1) is 17.9. The predicted molar refractivity (Wildman–Crippen MR) is 143 cm³/mol. The van der Waals surface area contributed by atoms with Gasteiger partial charge in [0.2, 0.25) is 0 Å². The average Bonchev–Trinajstić information content (AvgIpc) is 3.21. The topological polar surface area (TPSA) is 88.1 Å². The summed E-state index contributed by atoms with van der Waals surface area (Å²) >= 11 is 0. The molecule has 0 N–H and O–H groups in total. The molecule has 4 rings (SSSR count). The van der Waals surface area contributed by atoms with E-state index in [9.17, 15) is 14.4 Å². The molecule has 0 aromatic heterocycles. The van der Waals surface area contributed by atoms with Crippen molar-refractivity contribution < 1.29 is 33.3 Å². The highest BCUT2D eigenvalue weighted by Gasteiger charge is 2.67. The van der Waals surface area contributed by atoms with Crippen molar-refractivity contribution in [2.45, 2.75) is 118 Å². The molecule has 216 valence electrons. The zero-order chi connectivity index (χ0) is 27.8. The molecule has 0 spiro atoms. The van der Waals surface area contributed by atoms with E-state index in [1.165, 1.54) is 21.0 Å². The fourth-order valence-corrected chi connectivity index (χ4v) is 9.81. The number of methoxy groups -OCH3 is 1. The molecule has 0 radical (unpaired) electrons. The normalized spacial score (nSPS) is 42.7. The fraction of sp³-hybridized carbons (Fsp3) is 0.903. The average molecular weight is 535 g/mol. The van der Waals surface area contributed by atoms with Gasteiger partial charge in [-0.25, -0.2) is 0 Å². The van der Waals surface area contributed by atoms with E-state index in [-0.39, 0.29) is 53.0 Å². The van der Waals surface area contributed by atoms with Gasteiger partial charge in [0.25, 0.3) is 0 Å². The molecule has 2 unspecified atom stereocenters. The molecule has 11 atom stereocenters. The Morgan fingerprint density at radius 2 is 1.66 bits per heavy atom. The molecule has 0 aliphatic heterocycles. The van der Waals surface area contributed by atoms with Crippen molar-refractivity contribution in [1.82, 2.24) is 0 Å². The van der Waals surface area contributed by atoms with Crippen LogP contribution < -0.4 is 0 Å². The van der Waals surface area contributed by atoms with Crippen molar-refractivity contribution in [3.63, 3.8) is 0 Å². The van der Waals surface area contributed by atoms with Crippen LogP contribution >= 0.6 is 0 Å². The van der Waals surface area contributed by atoms with E-state index in [0.29, 0.717) is 36.0 Å². The Morgan fingerprint density at radius 3 is 2.29 bits per heavy atom. The molecule has 0 amide bonds. The number of hydrogen-bond acceptors (Lipinski definition) is 7. The Balaban J connectivity index is 1.70. The molecule has 7 heteroatoms. The zero-order valence-corrected chi connectivity index (χ0v) is 24.6. The first-order valence-electron chi connectivity index (χ1n) is 15.0. The van der Waals surface area contributed by atoms with E-state index in [1.54, 1.807) is 0 Å². The van der Waals surface area contributed by atoms with Crippen LogP contribution in [-0.2, 0) is 33.3 Å². The maximum atomic E-state index is 12.5. The van der Waals surface area contributed by atoms with Gasteiger partial charge in [-0.2, -0.15) is 0 Å². The van der Waals surface area contributed by atoms with E-state index in [2.05, 4.69) is 27.7 Å². The standard InChI is InChI=1S/C31H50O7/c1-8-36-22-13-14-30(5)21(15-22)16-26(37-19(3)32)29-24-11-10-23(18(2)9-12-28(34)35-7)31(24,6)27(17-25(29)30)38-20(4)33/h18,21-27,29H,8-17H2,1-7H3/t18-,21+,22-,23-,24+,25+,26?,27?,29+,30+,31-/m1/s1. The highest BCUT2D eigenvalue weighted by atomic mass is 16.5. The summed E-state index contributed by atoms with van der Waals surface area (Å²) in [6, 6.07) is 0. The van der Waals surface area contributed by atoms with Crippen LogP contribution in [0.3, 0.4) is 0 Å². The summed E-state index contributed by atoms with van der Waals surface area (Å²) in [6.07, 6.45) is 8.00. The van der Waals surface area contributed by atoms with Crippen molar-refractivity contribution in [2.24, 2.45) is 46.3 Å². The van der Waals surface area contributed by atoms with Gasteiger partial charge >= 0.3 is 17.9 Å². The van der Waals surface area contributed by atoms with Gasteiger partial charge < -0.3 is 18.9 Å². The second kappa shape index (κ2) is 11.5. The highest BCUT2D eigenvalue weighted by molar-refractivity contribution is 5.69. The maximum absolute atomic E-state index is 12.5. The second-order valence-corrected chi connectivity index (χ2v) is 13.2. The quantitative estimate of drug-likeness (QED) is 0.291. The van der Waals surface area contributed by atoms with Crippen molar-refractivity contribution in [2.75, 3.05) is 13.7 Å². The first kappa shape index (κ1) is 29.4. The van der Waals surface area contributed by atoms with Crippen LogP contribution in [0.2, 0.25) is 0 Å². The molecular formula is C31H50O7. The highest BCUT2D eigenvalue weighted by Crippen LogP contribution is 2.69. The number of ether oxygens (including phenoxy) is 4. The third-order valence-electron chi connectivity index (χ3n) is 11.5. The maximum Gasteiger partial charge on any atom is 0.305 e. The van der Waals surface area contributed by atoms with Crippen LogP contribution in [0.1, 0.15) is 99.3 Å². The number of fused-ring (bicyclic) bond motifs is 5. The summed E-state index contributed by atoms with van der Waals surface area (Å²) in [5.74, 6) is 1.27. The Bertz CT molecular complexity index is 887.